The molecule has 0 saturated carbocycles. The maximum atomic E-state index is 9.00. The molecule has 0 aromatic carbocycles. The number of aromatic nitrogens is 2. The van der Waals surface area contributed by atoms with Gasteiger partial charge in [0.2, 0.25) is 0 Å². The zero-order valence-corrected chi connectivity index (χ0v) is 9.95. The fourth-order valence-electron chi connectivity index (χ4n) is 1.76. The van der Waals surface area contributed by atoms with Crippen LogP contribution in [0.4, 0.5) is 11.6 Å². The predicted octanol–water partition coefficient (Wildman–Crippen LogP) is 0.00300. The number of nitrogen functional groups attached to an aromatic ring is 1. The van der Waals surface area contributed by atoms with Gasteiger partial charge in [-0.1, -0.05) is 0 Å². The predicted molar refractivity (Wildman–Crippen MR) is 70.3 cm³/mol. The van der Waals surface area contributed by atoms with Gasteiger partial charge in [-0.3, -0.25) is 0 Å². The van der Waals surface area contributed by atoms with Crippen LogP contribution in [0.15, 0.2) is 24.3 Å². The molecule has 0 unspecified atom stereocenters. The van der Waals surface area contributed by atoms with Gasteiger partial charge < -0.3 is 20.8 Å². The summed E-state index contributed by atoms with van der Waals surface area (Å²) in [6.45, 7) is 0.844. The van der Waals surface area contributed by atoms with Gasteiger partial charge in [-0.05, 0) is 24.3 Å². The van der Waals surface area contributed by atoms with Crippen molar-refractivity contribution < 1.29 is 10.2 Å². The first kappa shape index (κ1) is 12.5. The third-order valence-corrected chi connectivity index (χ3v) is 2.62. The Balaban J connectivity index is 2.37. The molecule has 2 aromatic heterocycles. The molecule has 6 heteroatoms. The molecule has 96 valence electrons. The van der Waals surface area contributed by atoms with Crippen molar-refractivity contribution in [1.29, 1.82) is 0 Å². The number of nitrogens with zero attached hydrogens (tertiary/aromatic N) is 3. The molecule has 6 nitrogen and oxygen atoms in total. The SMILES string of the molecule is Nc1ccc2ccc(N(CCO)CCO)nc2n1. The Morgan fingerprint density at radius 1 is 1.00 bits per heavy atom. The van der Waals surface area contributed by atoms with Crippen LogP contribution in [0.3, 0.4) is 0 Å². The highest BCUT2D eigenvalue weighted by Crippen LogP contribution is 2.17. The van der Waals surface area contributed by atoms with Crippen LogP contribution in [-0.4, -0.2) is 46.5 Å². The van der Waals surface area contributed by atoms with Crippen LogP contribution in [-0.2, 0) is 0 Å². The highest BCUT2D eigenvalue weighted by atomic mass is 16.3. The van der Waals surface area contributed by atoms with E-state index in [9.17, 15) is 0 Å². The summed E-state index contributed by atoms with van der Waals surface area (Å²) in [7, 11) is 0. The van der Waals surface area contributed by atoms with Gasteiger partial charge in [0, 0.05) is 18.5 Å². The van der Waals surface area contributed by atoms with Crippen LogP contribution in [0.2, 0.25) is 0 Å². The summed E-state index contributed by atoms with van der Waals surface area (Å²) >= 11 is 0. The van der Waals surface area contributed by atoms with E-state index in [0.29, 0.717) is 30.4 Å². The maximum absolute atomic E-state index is 9.00. The van der Waals surface area contributed by atoms with Crippen LogP contribution in [0.5, 0.6) is 0 Å². The van der Waals surface area contributed by atoms with Gasteiger partial charge in [-0.2, -0.15) is 0 Å². The van der Waals surface area contributed by atoms with Gasteiger partial charge in [0.05, 0.1) is 13.2 Å². The second-order valence-corrected chi connectivity index (χ2v) is 3.89. The highest BCUT2D eigenvalue weighted by molar-refractivity contribution is 5.78. The molecule has 0 bridgehead atoms. The number of pyridine rings is 2. The summed E-state index contributed by atoms with van der Waals surface area (Å²) in [6.07, 6.45) is 0. The van der Waals surface area contributed by atoms with E-state index in [1.807, 2.05) is 18.2 Å². The molecule has 0 amide bonds. The Bertz CT molecular complexity index is 526. The van der Waals surface area contributed by atoms with Crippen molar-refractivity contribution >= 4 is 22.7 Å². The number of nitrogens with two attached hydrogens (primary N) is 1. The van der Waals surface area contributed by atoms with Gasteiger partial charge in [-0.15, -0.1) is 0 Å². The van der Waals surface area contributed by atoms with Gasteiger partial charge in [-0.25, -0.2) is 9.97 Å². The molecule has 0 radical (unpaired) electrons. The van der Waals surface area contributed by atoms with Crippen molar-refractivity contribution in [2.75, 3.05) is 36.9 Å². The average molecular weight is 248 g/mol. The third-order valence-electron chi connectivity index (χ3n) is 2.62. The molecule has 2 heterocycles. The molecule has 4 N–H and O–H groups in total. The fraction of sp³-hybridized carbons (Fsp3) is 0.333. The Morgan fingerprint density at radius 2 is 1.67 bits per heavy atom. The first-order valence-corrected chi connectivity index (χ1v) is 5.74. The molecule has 0 saturated heterocycles. The van der Waals surface area contributed by atoms with Crippen molar-refractivity contribution in [1.82, 2.24) is 9.97 Å². The average Bonchev–Trinajstić information content (AvgIpc) is 2.37. The van der Waals surface area contributed by atoms with E-state index in [1.165, 1.54) is 0 Å². The molecule has 0 fully saturated rings. The summed E-state index contributed by atoms with van der Waals surface area (Å²) in [5.74, 6) is 1.09. The number of rotatable bonds is 5. The number of hydrogen-bond acceptors (Lipinski definition) is 6. The minimum absolute atomic E-state index is 0.00404. The van der Waals surface area contributed by atoms with E-state index < -0.39 is 0 Å². The van der Waals surface area contributed by atoms with Crippen LogP contribution in [0.1, 0.15) is 0 Å². The van der Waals surface area contributed by atoms with Crippen molar-refractivity contribution in [2.45, 2.75) is 0 Å². The summed E-state index contributed by atoms with van der Waals surface area (Å²) in [6, 6.07) is 7.32. The number of anilines is 2. The number of fused-ring (bicyclic) bond motifs is 1. The van der Waals surface area contributed by atoms with E-state index in [0.717, 1.165) is 5.39 Å². The Kier molecular flexibility index (Phi) is 3.91. The maximum Gasteiger partial charge on any atom is 0.163 e. The summed E-state index contributed by atoms with van der Waals surface area (Å²) < 4.78 is 0. The third kappa shape index (κ3) is 2.66. The minimum atomic E-state index is 0.00404. The van der Waals surface area contributed by atoms with E-state index in [2.05, 4.69) is 9.97 Å². The lowest BCUT2D eigenvalue weighted by Gasteiger charge is -2.21. The minimum Gasteiger partial charge on any atom is -0.395 e. The standard InChI is InChI=1S/C12H16N4O2/c13-10-3-1-9-2-4-11(15-12(9)14-10)16(5-7-17)6-8-18/h1-4,17-18H,5-8H2,(H2,13,14,15). The van der Waals surface area contributed by atoms with E-state index in [1.54, 1.807) is 11.0 Å². The quantitative estimate of drug-likeness (QED) is 0.689. The molecule has 2 rings (SSSR count). The number of aliphatic hydroxyl groups is 2. The molecule has 2 aromatic rings. The first-order valence-electron chi connectivity index (χ1n) is 5.74. The lowest BCUT2D eigenvalue weighted by Crippen LogP contribution is -2.30. The van der Waals surface area contributed by atoms with Crippen LogP contribution in [0, 0.1) is 0 Å². The van der Waals surface area contributed by atoms with Gasteiger partial charge in [0.15, 0.2) is 5.65 Å². The monoisotopic (exact) mass is 248 g/mol. The smallest absolute Gasteiger partial charge is 0.163 e. The lowest BCUT2D eigenvalue weighted by molar-refractivity contribution is 0.280. The zero-order chi connectivity index (χ0) is 13.0. The van der Waals surface area contributed by atoms with Crippen LogP contribution >= 0.6 is 0 Å². The van der Waals surface area contributed by atoms with E-state index in [4.69, 9.17) is 15.9 Å². The fourth-order valence-corrected chi connectivity index (χ4v) is 1.76. The molecule has 0 aliphatic carbocycles. The second kappa shape index (κ2) is 5.61. The Labute approximate surface area is 105 Å². The number of aliphatic hydroxyl groups excluding tert-OH is 2. The topological polar surface area (TPSA) is 95.5 Å². The number of hydrogen-bond donors (Lipinski definition) is 3. The van der Waals surface area contributed by atoms with Gasteiger partial charge in [0.25, 0.3) is 0 Å². The molecule has 0 atom stereocenters. The highest BCUT2D eigenvalue weighted by Gasteiger charge is 2.08. The van der Waals surface area contributed by atoms with Crippen LogP contribution in [0.25, 0.3) is 11.0 Å². The normalized spacial score (nSPS) is 10.8. The van der Waals surface area contributed by atoms with Crippen molar-refractivity contribution in [3.05, 3.63) is 24.3 Å². The second-order valence-electron chi connectivity index (χ2n) is 3.89. The summed E-state index contributed by atoms with van der Waals surface area (Å²) in [4.78, 5) is 10.3. The van der Waals surface area contributed by atoms with Gasteiger partial charge >= 0.3 is 0 Å². The van der Waals surface area contributed by atoms with E-state index >= 15 is 0 Å². The molecular formula is C12H16N4O2. The summed E-state index contributed by atoms with van der Waals surface area (Å²) in [5, 5.41) is 18.9. The summed E-state index contributed by atoms with van der Waals surface area (Å²) in [5.41, 5.74) is 6.19. The lowest BCUT2D eigenvalue weighted by atomic mass is 10.3. The van der Waals surface area contributed by atoms with Crippen molar-refractivity contribution in [3.8, 4) is 0 Å². The van der Waals surface area contributed by atoms with Crippen LogP contribution < -0.4 is 10.6 Å². The van der Waals surface area contributed by atoms with Crippen molar-refractivity contribution in [2.24, 2.45) is 0 Å². The molecule has 0 spiro atoms. The Morgan fingerprint density at radius 3 is 2.33 bits per heavy atom. The zero-order valence-electron chi connectivity index (χ0n) is 9.95. The Hall–Kier alpha value is -1.92. The van der Waals surface area contributed by atoms with E-state index in [-0.39, 0.29) is 13.2 Å². The van der Waals surface area contributed by atoms with Crippen molar-refractivity contribution in [3.63, 3.8) is 0 Å². The molecule has 0 aliphatic heterocycles. The molecule has 0 aliphatic rings. The largest absolute Gasteiger partial charge is 0.395 e. The molecule has 18 heavy (non-hydrogen) atoms. The van der Waals surface area contributed by atoms with Gasteiger partial charge in [0.1, 0.15) is 11.6 Å². The first-order chi connectivity index (χ1) is 8.74. The molecular weight excluding hydrogens is 232 g/mol.